The molecule has 2 aliphatic rings. The van der Waals surface area contributed by atoms with Crippen molar-refractivity contribution < 1.29 is 36.4 Å². The number of benzene rings is 1. The number of carbonyl (C=O) groups is 1. The molecule has 1 aromatic carbocycles. The molecule has 0 bridgehead atoms. The molecular weight excluding hydrogens is 413 g/mol. The Bertz CT molecular complexity index is 1080. The van der Waals surface area contributed by atoms with E-state index in [-0.39, 0.29) is 40.6 Å². The van der Waals surface area contributed by atoms with E-state index in [9.17, 15) is 26.4 Å². The zero-order chi connectivity index (χ0) is 20.9. The molecule has 8 nitrogen and oxygen atoms in total. The van der Waals surface area contributed by atoms with Crippen LogP contribution in [0.25, 0.3) is 0 Å². The van der Waals surface area contributed by atoms with Crippen LogP contribution in [0.1, 0.15) is 10.5 Å². The SMILES string of the molecule is Cn1cc2c(c1C(=O)Nc1cc(F)c(F)c(F)c1)OCC1C[NH2+]CC1NS2(=O)=O. The van der Waals surface area contributed by atoms with E-state index in [4.69, 9.17) is 4.74 Å². The summed E-state index contributed by atoms with van der Waals surface area (Å²) in [5, 5.41) is 4.22. The summed E-state index contributed by atoms with van der Waals surface area (Å²) in [4.78, 5) is 12.5. The third kappa shape index (κ3) is 3.47. The molecule has 2 aliphatic heterocycles. The van der Waals surface area contributed by atoms with Crippen LogP contribution in [0.15, 0.2) is 23.2 Å². The number of halogens is 3. The van der Waals surface area contributed by atoms with Gasteiger partial charge in [0.1, 0.15) is 4.90 Å². The van der Waals surface area contributed by atoms with Gasteiger partial charge in [-0.1, -0.05) is 0 Å². The highest BCUT2D eigenvalue weighted by Gasteiger charge is 2.40. The molecule has 4 rings (SSSR count). The Morgan fingerprint density at radius 1 is 1.28 bits per heavy atom. The lowest BCUT2D eigenvalue weighted by atomic mass is 10.1. The number of amides is 1. The van der Waals surface area contributed by atoms with Crippen LogP contribution in [0, 0.1) is 23.4 Å². The van der Waals surface area contributed by atoms with Crippen molar-refractivity contribution in [1.82, 2.24) is 9.29 Å². The quantitative estimate of drug-likeness (QED) is 0.579. The highest BCUT2D eigenvalue weighted by Crippen LogP contribution is 2.33. The maximum Gasteiger partial charge on any atom is 0.276 e. The molecule has 3 heterocycles. The van der Waals surface area contributed by atoms with Crippen molar-refractivity contribution in [3.05, 3.63) is 41.5 Å². The number of ether oxygens (including phenoxy) is 1. The first-order valence-electron chi connectivity index (χ1n) is 8.79. The van der Waals surface area contributed by atoms with Crippen LogP contribution in [0.3, 0.4) is 0 Å². The fourth-order valence-electron chi connectivity index (χ4n) is 3.62. The van der Waals surface area contributed by atoms with Gasteiger partial charge in [-0.3, -0.25) is 4.79 Å². The van der Waals surface area contributed by atoms with Crippen LogP contribution < -0.4 is 20.1 Å². The maximum absolute atomic E-state index is 13.4. The summed E-state index contributed by atoms with van der Waals surface area (Å²) >= 11 is 0. The van der Waals surface area contributed by atoms with Gasteiger partial charge in [0.15, 0.2) is 28.9 Å². The maximum atomic E-state index is 13.4. The van der Waals surface area contributed by atoms with Crippen LogP contribution in [0.2, 0.25) is 0 Å². The summed E-state index contributed by atoms with van der Waals surface area (Å²) in [5.74, 6) is -5.66. The number of hydrogen-bond donors (Lipinski definition) is 3. The minimum atomic E-state index is -3.95. The third-order valence-electron chi connectivity index (χ3n) is 5.06. The first kappa shape index (κ1) is 19.7. The lowest BCUT2D eigenvalue weighted by Crippen LogP contribution is -2.82. The van der Waals surface area contributed by atoms with Crippen LogP contribution in [-0.4, -0.2) is 44.6 Å². The predicted molar refractivity (Wildman–Crippen MR) is 94.4 cm³/mol. The Hall–Kier alpha value is -2.57. The summed E-state index contributed by atoms with van der Waals surface area (Å²) in [7, 11) is -2.50. The van der Waals surface area contributed by atoms with E-state index in [1.54, 1.807) is 0 Å². The molecule has 1 amide bonds. The number of carbonyl (C=O) groups excluding carboxylic acids is 1. The second-order valence-corrected chi connectivity index (χ2v) is 8.73. The second kappa shape index (κ2) is 7.04. The molecule has 2 unspecified atom stereocenters. The largest absolute Gasteiger partial charge is 0.489 e. The molecule has 4 N–H and O–H groups in total. The monoisotopic (exact) mass is 431 g/mol. The molecule has 0 spiro atoms. The zero-order valence-electron chi connectivity index (χ0n) is 15.2. The Morgan fingerprint density at radius 3 is 2.66 bits per heavy atom. The van der Waals surface area contributed by atoms with Crippen LogP contribution in [-0.2, 0) is 17.1 Å². The van der Waals surface area contributed by atoms with Gasteiger partial charge >= 0.3 is 0 Å². The lowest BCUT2D eigenvalue weighted by molar-refractivity contribution is -0.638. The van der Waals surface area contributed by atoms with Gasteiger partial charge in [-0.05, 0) is 0 Å². The molecule has 2 atom stereocenters. The topological polar surface area (TPSA) is 106 Å². The molecule has 12 heteroatoms. The van der Waals surface area contributed by atoms with E-state index < -0.39 is 33.4 Å². The number of anilines is 1. The molecule has 1 saturated heterocycles. The number of fused-ring (bicyclic) bond motifs is 2. The number of hydrogen-bond acceptors (Lipinski definition) is 4. The van der Waals surface area contributed by atoms with Gasteiger partial charge in [-0.2, -0.15) is 0 Å². The van der Waals surface area contributed by atoms with Crippen molar-refractivity contribution in [2.45, 2.75) is 10.9 Å². The van der Waals surface area contributed by atoms with Gasteiger partial charge in [0, 0.05) is 31.1 Å². The number of nitrogens with two attached hydrogens (primary N) is 1. The van der Waals surface area contributed by atoms with E-state index in [2.05, 4.69) is 10.0 Å². The van der Waals surface area contributed by atoms with E-state index in [1.807, 2.05) is 5.32 Å². The average Bonchev–Trinajstić information content (AvgIpc) is 3.20. The predicted octanol–water partition coefficient (Wildman–Crippen LogP) is -0.0728. The summed E-state index contributed by atoms with van der Waals surface area (Å²) in [5.41, 5.74) is -0.463. The number of rotatable bonds is 2. The van der Waals surface area contributed by atoms with Crippen molar-refractivity contribution in [2.75, 3.05) is 25.0 Å². The molecule has 1 aromatic heterocycles. The van der Waals surface area contributed by atoms with Gasteiger partial charge in [-0.15, -0.1) is 0 Å². The lowest BCUT2D eigenvalue weighted by Gasteiger charge is -2.22. The molecular formula is C17H18F3N4O4S+. The fraction of sp³-hybridized carbons (Fsp3) is 0.353. The van der Waals surface area contributed by atoms with Gasteiger partial charge in [0.05, 0.1) is 31.7 Å². The highest BCUT2D eigenvalue weighted by atomic mass is 32.2. The Labute approximate surface area is 164 Å². The molecule has 0 radical (unpaired) electrons. The summed E-state index contributed by atoms with van der Waals surface area (Å²) in [6, 6.07) is 0.970. The number of aromatic nitrogens is 1. The number of aryl methyl sites for hydroxylation is 1. The molecule has 1 fully saturated rings. The standard InChI is InChI=1S/C17H17F3N4O4S/c1-24-6-13-16(28-7-8-4-21-5-12(8)23-29(13,26)27)15(24)17(25)22-9-2-10(18)14(20)11(19)3-9/h2-3,6,8,12,21,23H,4-5,7H2,1H3,(H,22,25)/p+1. The molecule has 29 heavy (non-hydrogen) atoms. The number of nitrogens with zero attached hydrogens (tertiary/aromatic N) is 1. The fourth-order valence-corrected chi connectivity index (χ4v) is 5.13. The summed E-state index contributed by atoms with van der Waals surface area (Å²) in [6.45, 7) is 1.45. The van der Waals surface area contributed by atoms with Crippen molar-refractivity contribution in [2.24, 2.45) is 13.0 Å². The molecule has 156 valence electrons. The first-order valence-corrected chi connectivity index (χ1v) is 10.3. The van der Waals surface area contributed by atoms with Gasteiger partial charge in [0.2, 0.25) is 10.0 Å². The van der Waals surface area contributed by atoms with Crippen LogP contribution in [0.4, 0.5) is 18.9 Å². The second-order valence-electron chi connectivity index (χ2n) is 7.05. The average molecular weight is 431 g/mol. The minimum Gasteiger partial charge on any atom is -0.489 e. The van der Waals surface area contributed by atoms with E-state index >= 15 is 0 Å². The number of sulfonamides is 1. The molecule has 0 saturated carbocycles. The van der Waals surface area contributed by atoms with E-state index in [0.717, 1.165) is 0 Å². The third-order valence-corrected chi connectivity index (χ3v) is 6.54. The number of quaternary nitrogens is 1. The van der Waals surface area contributed by atoms with Crippen molar-refractivity contribution in [3.8, 4) is 5.75 Å². The normalized spacial score (nSPS) is 22.8. The Balaban J connectivity index is 1.71. The van der Waals surface area contributed by atoms with Gasteiger partial charge in [-0.25, -0.2) is 26.3 Å². The van der Waals surface area contributed by atoms with Crippen LogP contribution in [0.5, 0.6) is 5.75 Å². The van der Waals surface area contributed by atoms with Crippen LogP contribution >= 0.6 is 0 Å². The molecule has 0 aliphatic carbocycles. The minimum absolute atomic E-state index is 0.0747. The van der Waals surface area contributed by atoms with Crippen molar-refractivity contribution in [3.63, 3.8) is 0 Å². The number of nitrogens with one attached hydrogen (secondary N) is 2. The van der Waals surface area contributed by atoms with E-state index in [0.29, 0.717) is 25.2 Å². The van der Waals surface area contributed by atoms with Crippen molar-refractivity contribution >= 4 is 21.6 Å². The van der Waals surface area contributed by atoms with Gasteiger partial charge in [0.25, 0.3) is 5.91 Å². The Kier molecular flexibility index (Phi) is 4.79. The summed E-state index contributed by atoms with van der Waals surface area (Å²) < 4.78 is 75.1. The summed E-state index contributed by atoms with van der Waals surface area (Å²) in [6.07, 6.45) is 1.23. The highest BCUT2D eigenvalue weighted by molar-refractivity contribution is 7.89. The van der Waals surface area contributed by atoms with E-state index in [1.165, 1.54) is 17.8 Å². The molecule has 2 aromatic rings. The van der Waals surface area contributed by atoms with Gasteiger partial charge < -0.3 is 19.9 Å². The Morgan fingerprint density at radius 2 is 1.97 bits per heavy atom. The zero-order valence-corrected chi connectivity index (χ0v) is 16.0. The first-order chi connectivity index (χ1) is 13.7. The van der Waals surface area contributed by atoms with Crippen molar-refractivity contribution in [1.29, 1.82) is 0 Å². The smallest absolute Gasteiger partial charge is 0.276 e.